The molecule has 7 heteroatoms. The van der Waals surface area contributed by atoms with Gasteiger partial charge in [0.1, 0.15) is 13.2 Å². The molecule has 32 heavy (non-hydrogen) atoms. The lowest BCUT2D eigenvalue weighted by Crippen LogP contribution is -2.39. The molecule has 1 amide bonds. The minimum atomic E-state index is -0.709. The molecule has 0 bridgehead atoms. The van der Waals surface area contributed by atoms with E-state index in [0.29, 0.717) is 36.2 Å². The molecule has 2 aliphatic rings. The molecule has 2 aromatic carbocycles. The maximum absolute atomic E-state index is 13.1. The largest absolute Gasteiger partial charge is 0.486 e. The van der Waals surface area contributed by atoms with Gasteiger partial charge in [-0.1, -0.05) is 25.1 Å². The van der Waals surface area contributed by atoms with E-state index >= 15 is 0 Å². The minimum Gasteiger partial charge on any atom is -0.486 e. The number of carbonyl (C=O) groups excluding carboxylic acids is 3. The van der Waals surface area contributed by atoms with Crippen molar-refractivity contribution >= 4 is 17.7 Å². The highest BCUT2D eigenvalue weighted by Gasteiger charge is 2.23. The number of hydrogen-bond donors (Lipinski definition) is 1. The highest BCUT2D eigenvalue weighted by Crippen LogP contribution is 2.31. The molecule has 0 spiro atoms. The summed E-state index contributed by atoms with van der Waals surface area (Å²) in [6.45, 7) is 2.71. The first-order chi connectivity index (χ1) is 15.5. The molecular formula is C25H27NO6. The lowest BCUT2D eigenvalue weighted by molar-refractivity contribution is -0.125. The summed E-state index contributed by atoms with van der Waals surface area (Å²) in [5.41, 5.74) is 0.696. The Labute approximate surface area is 187 Å². The number of carbonyl (C=O) groups is 3. The predicted octanol–water partition coefficient (Wildman–Crippen LogP) is 3.54. The van der Waals surface area contributed by atoms with Crippen molar-refractivity contribution in [3.8, 4) is 11.5 Å². The van der Waals surface area contributed by atoms with Crippen LogP contribution in [0.25, 0.3) is 0 Å². The molecule has 4 rings (SSSR count). The van der Waals surface area contributed by atoms with Crippen LogP contribution in [0, 0.1) is 5.92 Å². The molecular weight excluding hydrogens is 410 g/mol. The third-order valence-electron chi connectivity index (χ3n) is 5.91. The van der Waals surface area contributed by atoms with Gasteiger partial charge >= 0.3 is 5.97 Å². The molecule has 1 heterocycles. The van der Waals surface area contributed by atoms with E-state index < -0.39 is 5.97 Å². The highest BCUT2D eigenvalue weighted by atomic mass is 16.6. The summed E-state index contributed by atoms with van der Waals surface area (Å²) in [5, 5.41) is 2.93. The molecule has 0 aromatic heterocycles. The zero-order valence-corrected chi connectivity index (χ0v) is 18.1. The van der Waals surface area contributed by atoms with Crippen LogP contribution in [0.1, 0.15) is 58.9 Å². The van der Waals surface area contributed by atoms with Gasteiger partial charge in [0.15, 0.2) is 23.9 Å². The van der Waals surface area contributed by atoms with Crippen LogP contribution in [-0.2, 0) is 9.53 Å². The van der Waals surface area contributed by atoms with Crippen molar-refractivity contribution < 1.29 is 28.6 Å². The maximum atomic E-state index is 13.1. The fraction of sp³-hybridized carbons (Fsp3) is 0.400. The summed E-state index contributed by atoms with van der Waals surface area (Å²) in [6.07, 6.45) is 4.04. The average Bonchev–Trinajstić information content (AvgIpc) is 2.83. The van der Waals surface area contributed by atoms with E-state index in [9.17, 15) is 14.4 Å². The number of hydrogen-bond acceptors (Lipinski definition) is 6. The monoisotopic (exact) mass is 437 g/mol. The Bertz CT molecular complexity index is 1010. The van der Waals surface area contributed by atoms with Gasteiger partial charge in [-0.05, 0) is 55.9 Å². The van der Waals surface area contributed by atoms with Crippen LogP contribution in [-0.4, -0.2) is 43.5 Å². The highest BCUT2D eigenvalue weighted by molar-refractivity contribution is 6.14. The summed E-state index contributed by atoms with van der Waals surface area (Å²) >= 11 is 0. The van der Waals surface area contributed by atoms with Crippen molar-refractivity contribution in [3.05, 3.63) is 59.2 Å². The molecule has 1 fully saturated rings. The fourth-order valence-corrected chi connectivity index (χ4v) is 4.08. The zero-order chi connectivity index (χ0) is 22.5. The molecule has 7 nitrogen and oxygen atoms in total. The Hall–Kier alpha value is -3.35. The molecule has 2 aromatic rings. The number of amides is 1. The van der Waals surface area contributed by atoms with Gasteiger partial charge < -0.3 is 19.5 Å². The molecule has 0 atom stereocenters. The first-order valence-corrected chi connectivity index (χ1v) is 11.0. The Morgan fingerprint density at radius 2 is 1.62 bits per heavy atom. The van der Waals surface area contributed by atoms with E-state index in [2.05, 4.69) is 12.2 Å². The van der Waals surface area contributed by atoms with Gasteiger partial charge in [0.05, 0.1) is 5.56 Å². The Balaban J connectivity index is 1.41. The lowest BCUT2D eigenvalue weighted by Gasteiger charge is -2.26. The standard InChI is InChI=1S/C25H27NO6/c1-16-6-9-18(10-7-16)26-23(27)15-32-25(29)20-5-3-2-4-19(20)24(28)17-8-11-21-22(14-17)31-13-12-30-21/h2-5,8,11,14,16,18H,6-7,9-10,12-13,15H2,1H3,(H,26,27). The van der Waals surface area contributed by atoms with Crippen LogP contribution >= 0.6 is 0 Å². The van der Waals surface area contributed by atoms with Crippen LogP contribution in [0.15, 0.2) is 42.5 Å². The van der Waals surface area contributed by atoms with Crippen molar-refractivity contribution in [3.63, 3.8) is 0 Å². The molecule has 0 saturated heterocycles. The molecule has 1 saturated carbocycles. The van der Waals surface area contributed by atoms with Gasteiger partial charge in [-0.15, -0.1) is 0 Å². The third kappa shape index (κ3) is 5.10. The summed E-state index contributed by atoms with van der Waals surface area (Å²) in [7, 11) is 0. The smallest absolute Gasteiger partial charge is 0.339 e. The van der Waals surface area contributed by atoms with Crippen molar-refractivity contribution in [2.75, 3.05) is 19.8 Å². The molecule has 1 aliphatic heterocycles. The summed E-state index contributed by atoms with van der Waals surface area (Å²) in [5.74, 6) is 0.391. The van der Waals surface area contributed by atoms with Gasteiger partial charge in [0.2, 0.25) is 0 Å². The third-order valence-corrected chi connectivity index (χ3v) is 5.91. The van der Waals surface area contributed by atoms with Gasteiger partial charge in [-0.25, -0.2) is 4.79 Å². The van der Waals surface area contributed by atoms with Crippen LogP contribution in [0.3, 0.4) is 0 Å². The van der Waals surface area contributed by atoms with Crippen molar-refractivity contribution in [1.82, 2.24) is 5.32 Å². The number of rotatable bonds is 6. The molecule has 0 radical (unpaired) electrons. The second kappa shape index (κ2) is 9.85. The van der Waals surface area contributed by atoms with Gasteiger partial charge in [-0.2, -0.15) is 0 Å². The normalized spacial score (nSPS) is 19.7. The summed E-state index contributed by atoms with van der Waals surface area (Å²) in [4.78, 5) is 38.0. The Kier molecular flexibility index (Phi) is 6.73. The van der Waals surface area contributed by atoms with Crippen LogP contribution in [0.5, 0.6) is 11.5 Å². The molecule has 1 N–H and O–H groups in total. The Morgan fingerprint density at radius 1 is 0.938 bits per heavy atom. The van der Waals surface area contributed by atoms with Crippen molar-refractivity contribution in [2.24, 2.45) is 5.92 Å². The zero-order valence-electron chi connectivity index (χ0n) is 18.1. The van der Waals surface area contributed by atoms with Gasteiger partial charge in [0.25, 0.3) is 5.91 Å². The van der Waals surface area contributed by atoms with E-state index in [1.165, 1.54) is 6.07 Å². The van der Waals surface area contributed by atoms with Crippen molar-refractivity contribution in [1.29, 1.82) is 0 Å². The summed E-state index contributed by atoms with van der Waals surface area (Å²) < 4.78 is 16.3. The van der Waals surface area contributed by atoms with Gasteiger partial charge in [-0.3, -0.25) is 9.59 Å². The number of esters is 1. The van der Waals surface area contributed by atoms with E-state index in [0.717, 1.165) is 25.7 Å². The molecule has 0 unspecified atom stereocenters. The lowest BCUT2D eigenvalue weighted by atomic mass is 9.87. The number of ketones is 1. The van der Waals surface area contributed by atoms with Crippen LogP contribution in [0.2, 0.25) is 0 Å². The molecule has 1 aliphatic carbocycles. The van der Waals surface area contributed by atoms with Crippen LogP contribution in [0.4, 0.5) is 0 Å². The molecule has 168 valence electrons. The first kappa shape index (κ1) is 21.9. The fourth-order valence-electron chi connectivity index (χ4n) is 4.08. The summed E-state index contributed by atoms with van der Waals surface area (Å²) in [6, 6.07) is 11.5. The second-order valence-electron chi connectivity index (χ2n) is 8.33. The van der Waals surface area contributed by atoms with Crippen molar-refractivity contribution in [2.45, 2.75) is 38.6 Å². The SMILES string of the molecule is CC1CCC(NC(=O)COC(=O)c2ccccc2C(=O)c2ccc3c(c2)OCCO3)CC1. The topological polar surface area (TPSA) is 90.9 Å². The quantitative estimate of drug-likeness (QED) is 0.549. The second-order valence-corrected chi connectivity index (χ2v) is 8.33. The van der Waals surface area contributed by atoms with Gasteiger partial charge in [0, 0.05) is 17.2 Å². The Morgan fingerprint density at radius 3 is 2.38 bits per heavy atom. The van der Waals surface area contributed by atoms with E-state index in [1.54, 1.807) is 36.4 Å². The van der Waals surface area contributed by atoms with Crippen LogP contribution < -0.4 is 14.8 Å². The van der Waals surface area contributed by atoms with E-state index in [4.69, 9.17) is 14.2 Å². The van der Waals surface area contributed by atoms with E-state index in [1.807, 2.05) is 0 Å². The number of nitrogens with one attached hydrogen (secondary N) is 1. The maximum Gasteiger partial charge on any atom is 0.339 e. The number of benzene rings is 2. The van der Waals surface area contributed by atoms with E-state index in [-0.39, 0.29) is 35.5 Å². The number of ether oxygens (including phenoxy) is 3. The first-order valence-electron chi connectivity index (χ1n) is 11.0. The average molecular weight is 437 g/mol. The minimum absolute atomic E-state index is 0.117. The predicted molar refractivity (Wildman–Crippen MR) is 117 cm³/mol. The number of fused-ring (bicyclic) bond motifs is 1.